The largest absolute Gasteiger partial charge is 0.323 e. The van der Waals surface area contributed by atoms with Crippen LogP contribution in [0.2, 0.25) is 5.02 Å². The summed E-state index contributed by atoms with van der Waals surface area (Å²) in [5, 5.41) is 0.594. The van der Waals surface area contributed by atoms with Gasteiger partial charge in [-0.05, 0) is 24.6 Å². The number of hydrogen-bond donors (Lipinski definition) is 0. The average molecular weight is 297 g/mol. The molecule has 21 heavy (non-hydrogen) atoms. The van der Waals surface area contributed by atoms with Crippen molar-refractivity contribution in [2.24, 2.45) is 0 Å². The van der Waals surface area contributed by atoms with E-state index >= 15 is 0 Å². The fourth-order valence-corrected chi connectivity index (χ4v) is 3.22. The third-order valence-corrected chi connectivity index (χ3v) is 4.40. The number of aromatic nitrogens is 2. The number of Topliss-reactive ketones (excluding diaryl/α,β-unsaturated/α-hetero) is 1. The summed E-state index contributed by atoms with van der Waals surface area (Å²) in [6, 6.07) is 11.7. The van der Waals surface area contributed by atoms with Gasteiger partial charge in [-0.1, -0.05) is 35.9 Å². The minimum absolute atomic E-state index is 0.167. The number of imidazole rings is 1. The fraction of sp³-hybridized carbons (Fsp3) is 0.176. The number of nitrogens with zero attached hydrogens (tertiary/aromatic N) is 2. The molecule has 1 aromatic heterocycles. The summed E-state index contributed by atoms with van der Waals surface area (Å²) in [7, 11) is 0. The molecule has 1 aliphatic rings. The first-order chi connectivity index (χ1) is 10.2. The molecule has 0 N–H and O–H groups in total. The summed E-state index contributed by atoms with van der Waals surface area (Å²) >= 11 is 6.28. The molecule has 0 spiro atoms. The molecule has 0 saturated carbocycles. The van der Waals surface area contributed by atoms with Crippen LogP contribution in [-0.4, -0.2) is 15.3 Å². The second-order valence-electron chi connectivity index (χ2n) is 5.37. The minimum Gasteiger partial charge on any atom is -0.323 e. The molecule has 4 heteroatoms. The highest BCUT2D eigenvalue weighted by molar-refractivity contribution is 6.35. The first-order valence-corrected chi connectivity index (χ1v) is 7.32. The third kappa shape index (κ3) is 1.74. The predicted octanol–water partition coefficient (Wildman–Crippen LogP) is 4.25. The van der Waals surface area contributed by atoms with Gasteiger partial charge in [0.1, 0.15) is 11.3 Å². The molecule has 0 aliphatic carbocycles. The number of ketones is 1. The summed E-state index contributed by atoms with van der Waals surface area (Å²) in [6.07, 6.45) is 0.513. The molecular weight excluding hydrogens is 284 g/mol. The van der Waals surface area contributed by atoms with Gasteiger partial charge in [0, 0.05) is 24.1 Å². The molecule has 0 atom stereocenters. The van der Waals surface area contributed by atoms with Gasteiger partial charge >= 0.3 is 0 Å². The molecule has 2 aromatic carbocycles. The molecule has 0 fully saturated rings. The van der Waals surface area contributed by atoms with Gasteiger partial charge in [-0.15, -0.1) is 0 Å². The molecule has 1 aliphatic heterocycles. The van der Waals surface area contributed by atoms with Crippen LogP contribution >= 0.6 is 11.6 Å². The van der Waals surface area contributed by atoms with Gasteiger partial charge in [0.25, 0.3) is 0 Å². The molecule has 0 saturated heterocycles. The Kier molecular flexibility index (Phi) is 2.66. The number of rotatable bonds is 1. The molecule has 0 amide bonds. The number of hydrogen-bond acceptors (Lipinski definition) is 2. The predicted molar refractivity (Wildman–Crippen MR) is 83.9 cm³/mol. The van der Waals surface area contributed by atoms with Gasteiger partial charge < -0.3 is 4.57 Å². The maximum atomic E-state index is 12.1. The van der Waals surface area contributed by atoms with E-state index < -0.39 is 0 Å². The molecular formula is C17H13ClN2O. The van der Waals surface area contributed by atoms with Crippen molar-refractivity contribution in [2.45, 2.75) is 19.9 Å². The van der Waals surface area contributed by atoms with E-state index in [1.165, 1.54) is 5.56 Å². The molecule has 3 nitrogen and oxygen atoms in total. The monoisotopic (exact) mass is 296 g/mol. The Bertz CT molecular complexity index is 895. The van der Waals surface area contributed by atoms with Crippen LogP contribution < -0.4 is 0 Å². The molecule has 0 unspecified atom stereocenters. The Morgan fingerprint density at radius 2 is 1.95 bits per heavy atom. The van der Waals surface area contributed by atoms with Crippen LogP contribution in [-0.2, 0) is 6.54 Å². The Morgan fingerprint density at radius 3 is 2.76 bits per heavy atom. The number of aryl methyl sites for hydroxylation is 2. The molecule has 4 rings (SSSR count). The standard InChI is InChI=1S/C17H13ClN2O/c1-10-4-2-3-5-11(10)17-19-15-13(18)7-6-12-14(21)8-9-20(17)16(12)15/h2-7H,8-9H2,1H3. The van der Waals surface area contributed by atoms with Crippen molar-refractivity contribution in [1.29, 1.82) is 0 Å². The first-order valence-electron chi connectivity index (χ1n) is 6.95. The van der Waals surface area contributed by atoms with Crippen LogP contribution in [0.3, 0.4) is 0 Å². The van der Waals surface area contributed by atoms with E-state index in [4.69, 9.17) is 16.6 Å². The van der Waals surface area contributed by atoms with E-state index in [2.05, 4.69) is 23.6 Å². The van der Waals surface area contributed by atoms with Gasteiger partial charge in [-0.25, -0.2) is 4.98 Å². The first kappa shape index (κ1) is 12.6. The maximum absolute atomic E-state index is 12.1. The van der Waals surface area contributed by atoms with E-state index in [9.17, 15) is 4.79 Å². The SMILES string of the molecule is Cc1ccccc1-c1nc2c(Cl)ccc3c2n1CCC3=O. The summed E-state index contributed by atoms with van der Waals surface area (Å²) in [6.45, 7) is 2.73. The van der Waals surface area contributed by atoms with Crippen molar-refractivity contribution >= 4 is 28.4 Å². The van der Waals surface area contributed by atoms with E-state index in [0.29, 0.717) is 18.0 Å². The van der Waals surface area contributed by atoms with Crippen molar-refractivity contribution in [3.63, 3.8) is 0 Å². The molecule has 0 radical (unpaired) electrons. The zero-order valence-electron chi connectivity index (χ0n) is 11.6. The Hall–Kier alpha value is -2.13. The van der Waals surface area contributed by atoms with Gasteiger partial charge in [-0.3, -0.25) is 4.79 Å². The lowest BCUT2D eigenvalue weighted by Gasteiger charge is -2.16. The van der Waals surface area contributed by atoms with Crippen molar-refractivity contribution in [2.75, 3.05) is 0 Å². The highest BCUT2D eigenvalue weighted by Gasteiger charge is 2.25. The summed E-state index contributed by atoms with van der Waals surface area (Å²) < 4.78 is 2.13. The van der Waals surface area contributed by atoms with Crippen LogP contribution in [0.25, 0.3) is 22.4 Å². The second-order valence-corrected chi connectivity index (χ2v) is 5.77. The smallest absolute Gasteiger partial charge is 0.166 e. The quantitative estimate of drug-likeness (QED) is 0.673. The lowest BCUT2D eigenvalue weighted by atomic mass is 10.0. The molecule has 3 aromatic rings. The number of carbonyl (C=O) groups excluding carboxylic acids is 1. The molecule has 0 bridgehead atoms. The van der Waals surface area contributed by atoms with Crippen molar-refractivity contribution in [3.05, 3.63) is 52.5 Å². The Balaban J connectivity index is 2.12. The van der Waals surface area contributed by atoms with Gasteiger partial charge in [0.05, 0.1) is 10.5 Å². The van der Waals surface area contributed by atoms with Gasteiger partial charge in [0.15, 0.2) is 5.78 Å². The zero-order valence-corrected chi connectivity index (χ0v) is 12.3. The lowest BCUT2D eigenvalue weighted by molar-refractivity contribution is 0.0973. The second kappa shape index (κ2) is 4.43. The van der Waals surface area contributed by atoms with E-state index in [-0.39, 0.29) is 5.78 Å². The highest BCUT2D eigenvalue weighted by atomic mass is 35.5. The van der Waals surface area contributed by atoms with Crippen LogP contribution in [0.1, 0.15) is 22.3 Å². The zero-order chi connectivity index (χ0) is 14.6. The molecule has 104 valence electrons. The Labute approximate surface area is 127 Å². The normalized spacial score (nSPS) is 13.9. The van der Waals surface area contributed by atoms with Crippen molar-refractivity contribution < 1.29 is 4.79 Å². The van der Waals surface area contributed by atoms with Gasteiger partial charge in [-0.2, -0.15) is 0 Å². The number of carbonyl (C=O) groups is 1. The summed E-state index contributed by atoms with van der Waals surface area (Å²) in [5.74, 6) is 1.06. The summed E-state index contributed by atoms with van der Waals surface area (Å²) in [5.41, 5.74) is 4.58. The van der Waals surface area contributed by atoms with E-state index in [0.717, 1.165) is 28.0 Å². The van der Waals surface area contributed by atoms with E-state index in [1.54, 1.807) is 6.07 Å². The number of benzene rings is 2. The van der Waals surface area contributed by atoms with Crippen LogP contribution in [0.4, 0.5) is 0 Å². The third-order valence-electron chi connectivity index (χ3n) is 4.09. The van der Waals surface area contributed by atoms with Crippen molar-refractivity contribution in [3.8, 4) is 11.4 Å². The van der Waals surface area contributed by atoms with Gasteiger partial charge in [0.2, 0.25) is 0 Å². The fourth-order valence-electron chi connectivity index (χ4n) is 3.03. The van der Waals surface area contributed by atoms with Crippen LogP contribution in [0.15, 0.2) is 36.4 Å². The summed E-state index contributed by atoms with van der Waals surface area (Å²) in [4.78, 5) is 16.8. The molecule has 2 heterocycles. The average Bonchev–Trinajstić information content (AvgIpc) is 2.86. The number of halogens is 1. The van der Waals surface area contributed by atoms with Crippen LogP contribution in [0.5, 0.6) is 0 Å². The Morgan fingerprint density at radius 1 is 1.14 bits per heavy atom. The van der Waals surface area contributed by atoms with Crippen LogP contribution in [0, 0.1) is 6.92 Å². The minimum atomic E-state index is 0.167. The van der Waals surface area contributed by atoms with Crippen molar-refractivity contribution in [1.82, 2.24) is 9.55 Å². The lowest BCUT2D eigenvalue weighted by Crippen LogP contribution is -2.15. The van der Waals surface area contributed by atoms with E-state index in [1.807, 2.05) is 18.2 Å². The maximum Gasteiger partial charge on any atom is 0.166 e. The highest BCUT2D eigenvalue weighted by Crippen LogP contribution is 2.35. The topological polar surface area (TPSA) is 34.9 Å².